The van der Waals surface area contributed by atoms with Crippen LogP contribution >= 0.6 is 11.6 Å². The highest BCUT2D eigenvalue weighted by Crippen LogP contribution is 2.25. The van der Waals surface area contributed by atoms with Crippen LogP contribution in [0.25, 0.3) is 0 Å². The van der Waals surface area contributed by atoms with Gasteiger partial charge in [0.2, 0.25) is 0 Å². The predicted octanol–water partition coefficient (Wildman–Crippen LogP) is 1.81. The van der Waals surface area contributed by atoms with Crippen LogP contribution in [0.5, 0.6) is 0 Å². The molecule has 0 bridgehead atoms. The molecule has 1 aromatic rings. The van der Waals surface area contributed by atoms with Crippen LogP contribution in [0.4, 0.5) is 15.8 Å². The van der Waals surface area contributed by atoms with Crippen molar-refractivity contribution >= 4 is 23.0 Å². The number of nitrogens with two attached hydrogens (primary N) is 1. The molecule has 2 rings (SSSR count). The van der Waals surface area contributed by atoms with E-state index in [1.807, 2.05) is 0 Å². The molecule has 0 amide bonds. The Morgan fingerprint density at radius 3 is 2.83 bits per heavy atom. The second-order valence-electron chi connectivity index (χ2n) is 4.23. The Morgan fingerprint density at radius 2 is 2.11 bits per heavy atom. The predicted molar refractivity (Wildman–Crippen MR) is 71.6 cm³/mol. The Bertz CT molecular complexity index is 411. The third-order valence-electron chi connectivity index (χ3n) is 2.94. The third kappa shape index (κ3) is 3.48. The summed E-state index contributed by atoms with van der Waals surface area (Å²) in [6, 6.07) is 2.75. The summed E-state index contributed by atoms with van der Waals surface area (Å²) in [5, 5.41) is 3.25. The van der Waals surface area contributed by atoms with Crippen LogP contribution in [-0.4, -0.2) is 44.3 Å². The summed E-state index contributed by atoms with van der Waals surface area (Å²) in [7, 11) is 0. The van der Waals surface area contributed by atoms with Gasteiger partial charge in [-0.2, -0.15) is 0 Å². The molecule has 1 aliphatic heterocycles. The maximum atomic E-state index is 13.1. The van der Waals surface area contributed by atoms with E-state index < -0.39 is 5.82 Å². The summed E-state index contributed by atoms with van der Waals surface area (Å²) in [6.45, 7) is 5.10. The van der Waals surface area contributed by atoms with Crippen molar-refractivity contribution in [1.82, 2.24) is 4.90 Å². The molecule has 0 unspecified atom stereocenters. The van der Waals surface area contributed by atoms with E-state index in [0.717, 1.165) is 39.4 Å². The number of morpholine rings is 1. The van der Waals surface area contributed by atoms with E-state index in [9.17, 15) is 4.39 Å². The second-order valence-corrected chi connectivity index (χ2v) is 4.64. The first-order valence-electron chi connectivity index (χ1n) is 5.95. The second kappa shape index (κ2) is 6.22. The number of nitrogens with zero attached hydrogens (tertiary/aromatic N) is 1. The minimum absolute atomic E-state index is 0.0815. The van der Waals surface area contributed by atoms with Gasteiger partial charge < -0.3 is 15.8 Å². The van der Waals surface area contributed by atoms with Gasteiger partial charge in [0.25, 0.3) is 0 Å². The molecule has 1 saturated heterocycles. The fraction of sp³-hybridized carbons (Fsp3) is 0.500. The van der Waals surface area contributed by atoms with Crippen molar-refractivity contribution in [2.75, 3.05) is 50.4 Å². The largest absolute Gasteiger partial charge is 0.397 e. The third-order valence-corrected chi connectivity index (χ3v) is 3.23. The maximum Gasteiger partial charge on any atom is 0.143 e. The average Bonchev–Trinajstić information content (AvgIpc) is 2.37. The Balaban J connectivity index is 1.84. The number of ether oxygens (including phenoxy) is 1. The lowest BCUT2D eigenvalue weighted by Gasteiger charge is -2.26. The Hall–Kier alpha value is -1.04. The standard InChI is InChI=1S/C12H17ClFN3O/c13-9-7-12(11(15)8-10(9)14)16-1-2-17-3-5-18-6-4-17/h7-8,16H,1-6,15H2. The lowest BCUT2D eigenvalue weighted by atomic mass is 10.2. The van der Waals surface area contributed by atoms with Crippen LogP contribution in [0, 0.1) is 5.82 Å². The van der Waals surface area contributed by atoms with Gasteiger partial charge >= 0.3 is 0 Å². The molecule has 0 saturated carbocycles. The zero-order chi connectivity index (χ0) is 13.0. The molecular formula is C12H17ClFN3O. The van der Waals surface area contributed by atoms with Crippen molar-refractivity contribution in [3.63, 3.8) is 0 Å². The van der Waals surface area contributed by atoms with Gasteiger partial charge in [0.1, 0.15) is 5.82 Å². The van der Waals surface area contributed by atoms with E-state index in [0.29, 0.717) is 11.4 Å². The summed E-state index contributed by atoms with van der Waals surface area (Å²) in [4.78, 5) is 2.30. The molecule has 3 N–H and O–H groups in total. The van der Waals surface area contributed by atoms with Gasteiger partial charge in [0.05, 0.1) is 29.6 Å². The molecule has 1 fully saturated rings. The van der Waals surface area contributed by atoms with Crippen molar-refractivity contribution in [1.29, 1.82) is 0 Å². The van der Waals surface area contributed by atoms with Gasteiger partial charge in [0.15, 0.2) is 0 Å². The van der Waals surface area contributed by atoms with Crippen LogP contribution in [0.3, 0.4) is 0 Å². The quantitative estimate of drug-likeness (QED) is 0.822. The molecular weight excluding hydrogens is 257 g/mol. The van der Waals surface area contributed by atoms with Crippen LogP contribution in [-0.2, 0) is 4.74 Å². The molecule has 0 radical (unpaired) electrons. The number of nitrogens with one attached hydrogen (secondary N) is 1. The number of hydrogen-bond donors (Lipinski definition) is 2. The van der Waals surface area contributed by atoms with Crippen molar-refractivity contribution in [3.05, 3.63) is 23.0 Å². The smallest absolute Gasteiger partial charge is 0.143 e. The first-order valence-corrected chi connectivity index (χ1v) is 6.33. The molecule has 18 heavy (non-hydrogen) atoms. The van der Waals surface area contributed by atoms with Crippen molar-refractivity contribution < 1.29 is 9.13 Å². The number of halogens is 2. The molecule has 1 heterocycles. The van der Waals surface area contributed by atoms with Gasteiger partial charge in [-0.25, -0.2) is 4.39 Å². The average molecular weight is 274 g/mol. The fourth-order valence-corrected chi connectivity index (χ4v) is 2.05. The van der Waals surface area contributed by atoms with E-state index in [2.05, 4.69) is 10.2 Å². The SMILES string of the molecule is Nc1cc(F)c(Cl)cc1NCCN1CCOCC1. The topological polar surface area (TPSA) is 50.5 Å². The van der Waals surface area contributed by atoms with E-state index in [1.54, 1.807) is 0 Å². The van der Waals surface area contributed by atoms with Crippen LogP contribution < -0.4 is 11.1 Å². The first kappa shape index (κ1) is 13.4. The summed E-state index contributed by atoms with van der Waals surface area (Å²) < 4.78 is 18.4. The highest BCUT2D eigenvalue weighted by atomic mass is 35.5. The molecule has 0 aromatic heterocycles. The summed E-state index contributed by atoms with van der Waals surface area (Å²) in [5.41, 5.74) is 6.76. The van der Waals surface area contributed by atoms with Crippen LogP contribution in [0.1, 0.15) is 0 Å². The Labute approximate surface area is 111 Å². The van der Waals surface area contributed by atoms with Gasteiger partial charge in [-0.05, 0) is 6.07 Å². The zero-order valence-corrected chi connectivity index (χ0v) is 10.8. The molecule has 1 aliphatic rings. The molecule has 1 aromatic carbocycles. The lowest BCUT2D eigenvalue weighted by molar-refractivity contribution is 0.0398. The minimum Gasteiger partial charge on any atom is -0.397 e. The monoisotopic (exact) mass is 273 g/mol. The molecule has 4 nitrogen and oxygen atoms in total. The molecule has 0 spiro atoms. The molecule has 0 atom stereocenters. The summed E-state index contributed by atoms with van der Waals surface area (Å²) in [5.74, 6) is -0.493. The van der Waals surface area contributed by atoms with Gasteiger partial charge in [-0.15, -0.1) is 0 Å². The minimum atomic E-state index is -0.493. The highest BCUT2D eigenvalue weighted by Gasteiger charge is 2.10. The normalized spacial score (nSPS) is 16.8. The number of nitrogen functional groups attached to an aromatic ring is 1. The maximum absolute atomic E-state index is 13.1. The van der Waals surface area contributed by atoms with Crippen molar-refractivity contribution in [2.24, 2.45) is 0 Å². The van der Waals surface area contributed by atoms with Gasteiger partial charge in [0, 0.05) is 32.2 Å². The van der Waals surface area contributed by atoms with Crippen LogP contribution in [0.15, 0.2) is 12.1 Å². The first-order chi connectivity index (χ1) is 8.66. The number of benzene rings is 1. The number of rotatable bonds is 4. The van der Waals surface area contributed by atoms with E-state index in [4.69, 9.17) is 22.1 Å². The zero-order valence-electron chi connectivity index (χ0n) is 10.1. The van der Waals surface area contributed by atoms with Gasteiger partial charge in [-0.1, -0.05) is 11.6 Å². The molecule has 100 valence electrons. The Kier molecular flexibility index (Phi) is 4.63. The lowest BCUT2D eigenvalue weighted by Crippen LogP contribution is -2.39. The fourth-order valence-electron chi connectivity index (χ4n) is 1.89. The van der Waals surface area contributed by atoms with E-state index >= 15 is 0 Å². The van der Waals surface area contributed by atoms with E-state index in [-0.39, 0.29) is 5.02 Å². The molecule has 6 heteroatoms. The Morgan fingerprint density at radius 1 is 1.39 bits per heavy atom. The summed E-state index contributed by atoms with van der Waals surface area (Å²) >= 11 is 5.72. The van der Waals surface area contributed by atoms with Gasteiger partial charge in [-0.3, -0.25) is 4.90 Å². The molecule has 0 aliphatic carbocycles. The number of hydrogen-bond acceptors (Lipinski definition) is 4. The summed E-state index contributed by atoms with van der Waals surface area (Å²) in [6.07, 6.45) is 0. The van der Waals surface area contributed by atoms with E-state index in [1.165, 1.54) is 12.1 Å². The van der Waals surface area contributed by atoms with Crippen molar-refractivity contribution in [2.45, 2.75) is 0 Å². The number of anilines is 2. The highest BCUT2D eigenvalue weighted by molar-refractivity contribution is 6.31. The van der Waals surface area contributed by atoms with Crippen LogP contribution in [0.2, 0.25) is 5.02 Å². The van der Waals surface area contributed by atoms with Crippen molar-refractivity contribution in [3.8, 4) is 0 Å².